The molecule has 1 amide bonds. The monoisotopic (exact) mass is 400 g/mol. The lowest BCUT2D eigenvalue weighted by Gasteiger charge is -2.05. The summed E-state index contributed by atoms with van der Waals surface area (Å²) >= 11 is -0.292. The van der Waals surface area contributed by atoms with Crippen LogP contribution in [0.15, 0.2) is 38.7 Å². The second-order valence-electron chi connectivity index (χ2n) is 3.96. The number of halogens is 4. The molecule has 1 rings (SSSR count). The van der Waals surface area contributed by atoms with Gasteiger partial charge in [-0.25, -0.2) is 0 Å². The molecule has 20 heavy (non-hydrogen) atoms. The van der Waals surface area contributed by atoms with Crippen molar-refractivity contribution in [1.82, 2.24) is 5.32 Å². The van der Waals surface area contributed by atoms with Gasteiger partial charge in [0.25, 0.3) is 0 Å². The lowest BCUT2D eigenvalue weighted by molar-refractivity contribution is -0.119. The zero-order valence-corrected chi connectivity index (χ0v) is 13.2. The van der Waals surface area contributed by atoms with Crippen molar-refractivity contribution in [2.75, 3.05) is 11.0 Å². The standard InChI is InChI=1S/C13H16F3IN2O/c1-2-18-17-9-8-12(20)19-11-5-3-4-10(6-7-11)13(14,15)16/h3-4,6-7H,2,5,8-9H2,1H3,(H,19,20). The van der Waals surface area contributed by atoms with Gasteiger partial charge in [-0.1, -0.05) is 12.2 Å². The molecule has 0 heterocycles. The van der Waals surface area contributed by atoms with Gasteiger partial charge in [0, 0.05) is 29.5 Å². The summed E-state index contributed by atoms with van der Waals surface area (Å²) in [4.78, 5) is 11.6. The molecule has 3 nitrogen and oxygen atoms in total. The first-order valence-corrected chi connectivity index (χ1v) is 8.62. The Morgan fingerprint density at radius 2 is 2.20 bits per heavy atom. The van der Waals surface area contributed by atoms with Crippen LogP contribution in [-0.2, 0) is 4.79 Å². The van der Waals surface area contributed by atoms with Crippen LogP contribution in [0.1, 0.15) is 19.8 Å². The fourth-order valence-electron chi connectivity index (χ4n) is 1.42. The zero-order chi connectivity index (χ0) is 15.0. The summed E-state index contributed by atoms with van der Waals surface area (Å²) in [5.41, 5.74) is -0.231. The first-order valence-electron chi connectivity index (χ1n) is 6.13. The second-order valence-corrected chi connectivity index (χ2v) is 6.40. The Kier molecular flexibility index (Phi) is 7.11. The molecule has 0 saturated carbocycles. The van der Waals surface area contributed by atoms with Crippen molar-refractivity contribution in [2.24, 2.45) is 3.15 Å². The SMILES string of the molecule is CCN=ICCC(=O)NC1=CC=C(C(F)(F)F)C=CC1. The third-order valence-electron chi connectivity index (χ3n) is 2.34. The number of nitrogens with zero attached hydrogens (tertiary/aromatic N) is 1. The van der Waals surface area contributed by atoms with E-state index in [0.717, 1.165) is 23.1 Å². The highest BCUT2D eigenvalue weighted by Crippen LogP contribution is 2.28. The topological polar surface area (TPSA) is 41.5 Å². The molecule has 0 bridgehead atoms. The van der Waals surface area contributed by atoms with Crippen molar-refractivity contribution in [3.63, 3.8) is 0 Å². The van der Waals surface area contributed by atoms with E-state index in [-0.39, 0.29) is 33.4 Å². The van der Waals surface area contributed by atoms with Crippen LogP contribution in [-0.4, -0.2) is 23.1 Å². The molecule has 0 fully saturated rings. The van der Waals surface area contributed by atoms with Crippen molar-refractivity contribution in [3.05, 3.63) is 35.6 Å². The summed E-state index contributed by atoms with van der Waals surface area (Å²) < 4.78 is 42.5. The maximum atomic E-state index is 12.5. The van der Waals surface area contributed by atoms with Crippen LogP contribution in [0.3, 0.4) is 0 Å². The molecule has 1 aliphatic rings. The Morgan fingerprint density at radius 3 is 2.85 bits per heavy atom. The number of carbonyl (C=O) groups is 1. The Bertz CT molecular complexity index is 465. The van der Waals surface area contributed by atoms with Gasteiger partial charge in [-0.05, 0) is 40.1 Å². The molecule has 1 aliphatic carbocycles. The van der Waals surface area contributed by atoms with Gasteiger partial charge in [-0.15, -0.1) is 0 Å². The summed E-state index contributed by atoms with van der Waals surface area (Å²) in [5, 5.41) is 2.64. The molecule has 112 valence electrons. The number of hydrogen-bond acceptors (Lipinski definition) is 2. The molecule has 0 unspecified atom stereocenters. The molecule has 0 radical (unpaired) electrons. The van der Waals surface area contributed by atoms with E-state index in [1.165, 1.54) is 12.2 Å². The van der Waals surface area contributed by atoms with Gasteiger partial charge in [-0.3, -0.25) is 7.94 Å². The molecule has 0 aromatic carbocycles. The Labute approximate surface area is 126 Å². The number of hydrogen-bond donors (Lipinski definition) is 1. The minimum Gasteiger partial charge on any atom is -0.329 e. The van der Waals surface area contributed by atoms with Crippen molar-refractivity contribution in [3.8, 4) is 0 Å². The number of carbonyl (C=O) groups excluding carboxylic acids is 1. The summed E-state index contributed by atoms with van der Waals surface area (Å²) in [5.74, 6) is -0.167. The average molecular weight is 400 g/mol. The molecule has 0 aromatic heterocycles. The molecule has 1 N–H and O–H groups in total. The molecule has 7 heteroatoms. The van der Waals surface area contributed by atoms with Crippen molar-refractivity contribution >= 4 is 26.9 Å². The van der Waals surface area contributed by atoms with Gasteiger partial charge < -0.3 is 5.32 Å². The van der Waals surface area contributed by atoms with E-state index in [0.29, 0.717) is 12.1 Å². The van der Waals surface area contributed by atoms with Crippen LogP contribution in [0.2, 0.25) is 0 Å². The van der Waals surface area contributed by atoms with Crippen molar-refractivity contribution < 1.29 is 18.0 Å². The third kappa shape index (κ3) is 6.44. The highest BCUT2D eigenvalue weighted by Gasteiger charge is 2.31. The van der Waals surface area contributed by atoms with E-state index < -0.39 is 11.7 Å². The Morgan fingerprint density at radius 1 is 1.45 bits per heavy atom. The van der Waals surface area contributed by atoms with E-state index in [1.54, 1.807) is 0 Å². The Balaban J connectivity index is 2.55. The summed E-state index contributed by atoms with van der Waals surface area (Å²) in [6, 6.07) is 0. The van der Waals surface area contributed by atoms with E-state index in [2.05, 4.69) is 8.46 Å². The number of alkyl halides is 4. The van der Waals surface area contributed by atoms with E-state index in [9.17, 15) is 18.0 Å². The predicted octanol–water partition coefficient (Wildman–Crippen LogP) is 4.00. The van der Waals surface area contributed by atoms with Crippen LogP contribution in [0.5, 0.6) is 0 Å². The van der Waals surface area contributed by atoms with Gasteiger partial charge in [0.2, 0.25) is 5.91 Å². The van der Waals surface area contributed by atoms with Crippen molar-refractivity contribution in [2.45, 2.75) is 25.9 Å². The van der Waals surface area contributed by atoms with Gasteiger partial charge in [0.05, 0.1) is 5.57 Å². The third-order valence-corrected chi connectivity index (χ3v) is 4.52. The van der Waals surface area contributed by atoms with Gasteiger partial charge in [-0.2, -0.15) is 13.2 Å². The average Bonchev–Trinajstić information content (AvgIpc) is 2.60. The maximum Gasteiger partial charge on any atom is 0.416 e. The quantitative estimate of drug-likeness (QED) is 0.550. The smallest absolute Gasteiger partial charge is 0.329 e. The number of allylic oxidation sites excluding steroid dienone is 5. The van der Waals surface area contributed by atoms with E-state index >= 15 is 0 Å². The van der Waals surface area contributed by atoms with Gasteiger partial charge in [0.1, 0.15) is 0 Å². The maximum absolute atomic E-state index is 12.5. The normalized spacial score (nSPS) is 16.2. The van der Waals surface area contributed by atoms with Crippen molar-refractivity contribution in [1.29, 1.82) is 0 Å². The van der Waals surface area contributed by atoms with Crippen LogP contribution < -0.4 is 5.32 Å². The van der Waals surface area contributed by atoms with Crippen LogP contribution >= 0.6 is 21.0 Å². The number of amides is 1. The number of rotatable bonds is 5. The van der Waals surface area contributed by atoms with Gasteiger partial charge in [0.15, 0.2) is 0 Å². The molecular weight excluding hydrogens is 384 g/mol. The number of nitrogens with one attached hydrogen (secondary N) is 1. The lowest BCUT2D eigenvalue weighted by Crippen LogP contribution is -2.22. The minimum absolute atomic E-state index is 0.167. The fourth-order valence-corrected chi connectivity index (χ4v) is 2.98. The molecule has 0 atom stereocenters. The Hall–Kier alpha value is -0.990. The van der Waals surface area contributed by atoms with Gasteiger partial charge >= 0.3 is 6.18 Å². The summed E-state index contributed by atoms with van der Waals surface area (Å²) in [6.45, 7) is 2.73. The lowest BCUT2D eigenvalue weighted by atomic mass is 10.2. The van der Waals surface area contributed by atoms with E-state index in [1.807, 2.05) is 6.92 Å². The first kappa shape index (κ1) is 17.1. The second kappa shape index (κ2) is 8.33. The predicted molar refractivity (Wildman–Crippen MR) is 80.6 cm³/mol. The zero-order valence-electron chi connectivity index (χ0n) is 11.0. The van der Waals surface area contributed by atoms with Crippen LogP contribution in [0.25, 0.3) is 0 Å². The summed E-state index contributed by atoms with van der Waals surface area (Å²) in [6.07, 6.45) is 1.02. The molecule has 0 aromatic rings. The highest BCUT2D eigenvalue weighted by molar-refractivity contribution is 14.2. The van der Waals surface area contributed by atoms with Crippen LogP contribution in [0.4, 0.5) is 13.2 Å². The minimum atomic E-state index is -4.36. The fraction of sp³-hybridized carbons (Fsp3) is 0.462. The highest BCUT2D eigenvalue weighted by atomic mass is 127. The van der Waals surface area contributed by atoms with E-state index in [4.69, 9.17) is 0 Å². The molecule has 0 aliphatic heterocycles. The van der Waals surface area contributed by atoms with Crippen LogP contribution in [0, 0.1) is 0 Å². The molecule has 0 spiro atoms. The molecular formula is C13H16F3IN2O. The first-order chi connectivity index (χ1) is 9.43. The molecule has 0 saturated heterocycles. The summed E-state index contributed by atoms with van der Waals surface area (Å²) in [7, 11) is 0. The largest absolute Gasteiger partial charge is 0.416 e.